The molecule has 1 fully saturated rings. The number of aryl methyl sites for hydroxylation is 2. The van der Waals surface area contributed by atoms with E-state index in [2.05, 4.69) is 20.3 Å². The molecule has 7 nitrogen and oxygen atoms in total. The van der Waals surface area contributed by atoms with Gasteiger partial charge in [0, 0.05) is 46.0 Å². The van der Waals surface area contributed by atoms with Crippen LogP contribution in [0, 0.1) is 13.8 Å². The summed E-state index contributed by atoms with van der Waals surface area (Å²) in [6.45, 7) is 1.16. The Labute approximate surface area is 218 Å². The number of hydrogen-bond donors (Lipinski definition) is 2. The number of alkyl halides is 1. The smallest absolute Gasteiger partial charge is 0.269 e. The second-order valence-corrected chi connectivity index (χ2v) is 9.15. The molecule has 1 aliphatic rings. The molecule has 0 unspecified atom stereocenters. The number of rotatable bonds is 6. The number of halogens is 1. The van der Waals surface area contributed by atoms with Gasteiger partial charge in [-0.3, -0.25) is 24.5 Å². The number of carbonyl (C=O) groups is 2. The minimum atomic E-state index is -2.63. The van der Waals surface area contributed by atoms with Gasteiger partial charge in [-0.15, -0.1) is 0 Å². The molecule has 1 saturated carbocycles. The van der Waals surface area contributed by atoms with Crippen LogP contribution in [0.3, 0.4) is 0 Å². The van der Waals surface area contributed by atoms with Gasteiger partial charge in [0.05, 0.1) is 11.4 Å². The van der Waals surface area contributed by atoms with Gasteiger partial charge in [-0.1, -0.05) is 6.07 Å². The first-order chi connectivity index (χ1) is 18.9. The average molecular weight is 499 g/mol. The third kappa shape index (κ3) is 5.09. The number of benzene rings is 1. The van der Waals surface area contributed by atoms with Gasteiger partial charge < -0.3 is 10.6 Å². The molecule has 4 aromatic rings. The van der Waals surface area contributed by atoms with E-state index in [-0.39, 0.29) is 17.3 Å². The number of pyridine rings is 3. The first kappa shape index (κ1) is 20.7. The van der Waals surface area contributed by atoms with Crippen LogP contribution in [0.2, 0.25) is 0 Å². The fraction of sp³-hybridized carbons (Fsp3) is 0.207. The van der Waals surface area contributed by atoms with E-state index >= 15 is 0 Å². The van der Waals surface area contributed by atoms with E-state index in [0.29, 0.717) is 35.3 Å². The Bertz CT molecular complexity index is 1640. The van der Waals surface area contributed by atoms with Gasteiger partial charge in [-0.25, -0.2) is 4.39 Å². The molecule has 0 spiro atoms. The van der Waals surface area contributed by atoms with Crippen LogP contribution in [-0.2, 0) is 5.67 Å². The summed E-state index contributed by atoms with van der Waals surface area (Å²) in [5, 5.41) is 4.83. The Kier molecular flexibility index (Phi) is 5.34. The zero-order valence-corrected chi connectivity index (χ0v) is 20.3. The highest BCUT2D eigenvalue weighted by atomic mass is 19.1. The van der Waals surface area contributed by atoms with Crippen molar-refractivity contribution >= 4 is 17.5 Å². The minimum Gasteiger partial charge on any atom is -0.354 e. The van der Waals surface area contributed by atoms with Crippen molar-refractivity contribution in [2.24, 2.45) is 0 Å². The van der Waals surface area contributed by atoms with Crippen LogP contribution in [-0.4, -0.2) is 33.7 Å². The normalized spacial score (nSPS) is 15.2. The zero-order chi connectivity index (χ0) is 28.7. The predicted molar refractivity (Wildman–Crippen MR) is 140 cm³/mol. The average Bonchev–Trinajstić information content (AvgIpc) is 3.67. The highest BCUT2D eigenvalue weighted by Crippen LogP contribution is 2.48. The zero-order valence-electron chi connectivity index (χ0n) is 23.3. The highest BCUT2D eigenvalue weighted by Gasteiger charge is 2.46. The summed E-state index contributed by atoms with van der Waals surface area (Å²) in [4.78, 5) is 38.0. The van der Waals surface area contributed by atoms with E-state index in [1.54, 1.807) is 18.2 Å². The molecule has 0 atom stereocenters. The topological polar surface area (TPSA) is 96.9 Å². The summed E-state index contributed by atoms with van der Waals surface area (Å²) >= 11 is 0. The largest absolute Gasteiger partial charge is 0.354 e. The molecule has 0 aliphatic heterocycles. The lowest BCUT2D eigenvalue weighted by molar-refractivity contribution is 0.0957. The highest BCUT2D eigenvalue weighted by molar-refractivity contribution is 6.04. The van der Waals surface area contributed by atoms with Crippen molar-refractivity contribution in [1.29, 1.82) is 0 Å². The Morgan fingerprint density at radius 3 is 2.54 bits per heavy atom. The lowest BCUT2D eigenvalue weighted by Crippen LogP contribution is -2.19. The minimum absolute atomic E-state index is 0.0426. The maximum Gasteiger partial charge on any atom is 0.269 e. The molecule has 2 N–H and O–H groups in total. The number of anilines is 1. The number of carbonyl (C=O) groups excluding carboxylic acids is 2. The third-order valence-corrected chi connectivity index (χ3v) is 6.33. The van der Waals surface area contributed by atoms with Crippen LogP contribution >= 0.6 is 0 Å². The number of nitrogens with one attached hydrogen (secondary N) is 2. The van der Waals surface area contributed by atoms with Crippen LogP contribution in [0.4, 0.5) is 10.1 Å². The molecule has 37 heavy (non-hydrogen) atoms. The van der Waals surface area contributed by atoms with Crippen LogP contribution in [0.15, 0.2) is 67.0 Å². The van der Waals surface area contributed by atoms with E-state index < -0.39 is 18.6 Å². The van der Waals surface area contributed by atoms with Gasteiger partial charge >= 0.3 is 0 Å². The van der Waals surface area contributed by atoms with Gasteiger partial charge in [-0.2, -0.15) is 0 Å². The first-order valence-corrected chi connectivity index (χ1v) is 11.8. The number of amides is 2. The number of hydrogen-bond acceptors (Lipinski definition) is 5. The van der Waals surface area contributed by atoms with Gasteiger partial charge in [0.1, 0.15) is 5.69 Å². The van der Waals surface area contributed by atoms with Crippen molar-refractivity contribution in [2.75, 3.05) is 12.3 Å². The van der Waals surface area contributed by atoms with Crippen molar-refractivity contribution in [3.63, 3.8) is 0 Å². The standard InChI is InChI=1S/C29H26FN5O2/c1-17-4-5-22(35-27(36)20-7-11-33-26(15-20)29(30)8-9-29)16-23(17)21-12-18(2)34-24(14-21)19-6-10-32-25(13-19)28(37)31-3/h4-7,10-16H,8-9H2,1-3H3,(H,31,37)(H,35,36)/i3D3. The molecule has 1 aliphatic carbocycles. The Morgan fingerprint density at radius 2 is 1.76 bits per heavy atom. The summed E-state index contributed by atoms with van der Waals surface area (Å²) in [5.41, 5.74) is 4.22. The number of aromatic nitrogens is 3. The van der Waals surface area contributed by atoms with Gasteiger partial charge in [0.25, 0.3) is 11.8 Å². The van der Waals surface area contributed by atoms with Crippen LogP contribution in [0.1, 0.15) is 54.8 Å². The maximum atomic E-state index is 14.5. The lowest BCUT2D eigenvalue weighted by atomic mass is 9.98. The molecule has 186 valence electrons. The summed E-state index contributed by atoms with van der Waals surface area (Å²) in [6, 6.07) is 15.5. The third-order valence-electron chi connectivity index (χ3n) is 6.33. The van der Waals surface area contributed by atoms with Crippen molar-refractivity contribution < 1.29 is 18.1 Å². The van der Waals surface area contributed by atoms with Gasteiger partial charge in [0.2, 0.25) is 0 Å². The summed E-state index contributed by atoms with van der Waals surface area (Å²) in [6.07, 6.45) is 3.70. The quantitative estimate of drug-likeness (QED) is 0.371. The van der Waals surface area contributed by atoms with E-state index in [9.17, 15) is 14.0 Å². The fourth-order valence-electron chi connectivity index (χ4n) is 4.15. The van der Waals surface area contributed by atoms with Crippen LogP contribution in [0.25, 0.3) is 22.4 Å². The molecule has 0 radical (unpaired) electrons. The fourth-order valence-corrected chi connectivity index (χ4v) is 4.15. The van der Waals surface area contributed by atoms with Crippen LogP contribution < -0.4 is 10.6 Å². The van der Waals surface area contributed by atoms with Gasteiger partial charge in [0.15, 0.2) is 5.67 Å². The Hall–Kier alpha value is -4.46. The van der Waals surface area contributed by atoms with Crippen molar-refractivity contribution in [3.05, 3.63) is 95.2 Å². The monoisotopic (exact) mass is 498 g/mol. The Balaban J connectivity index is 1.43. The van der Waals surface area contributed by atoms with E-state index in [0.717, 1.165) is 22.4 Å². The molecule has 0 bridgehead atoms. The molecule has 3 heterocycles. The van der Waals surface area contributed by atoms with Gasteiger partial charge in [-0.05, 0) is 91.9 Å². The lowest BCUT2D eigenvalue weighted by Gasteiger charge is -2.13. The molecule has 8 heteroatoms. The van der Waals surface area contributed by atoms with E-state index in [1.807, 2.05) is 43.4 Å². The van der Waals surface area contributed by atoms with E-state index in [1.165, 1.54) is 24.5 Å². The van der Waals surface area contributed by atoms with Crippen molar-refractivity contribution in [2.45, 2.75) is 32.4 Å². The summed E-state index contributed by atoms with van der Waals surface area (Å²) in [5.74, 6) is -1.18. The van der Waals surface area contributed by atoms with Crippen molar-refractivity contribution in [1.82, 2.24) is 20.3 Å². The molecular weight excluding hydrogens is 469 g/mol. The summed E-state index contributed by atoms with van der Waals surface area (Å²) in [7, 11) is 0. The second-order valence-electron chi connectivity index (χ2n) is 9.15. The molecule has 0 saturated heterocycles. The molecule has 3 aromatic heterocycles. The predicted octanol–water partition coefficient (Wildman–Crippen LogP) is 5.39. The Morgan fingerprint density at radius 1 is 0.946 bits per heavy atom. The van der Waals surface area contributed by atoms with Crippen molar-refractivity contribution in [3.8, 4) is 22.4 Å². The van der Waals surface area contributed by atoms with E-state index in [4.69, 9.17) is 4.11 Å². The first-order valence-electron chi connectivity index (χ1n) is 13.3. The second kappa shape index (κ2) is 9.54. The SMILES string of the molecule is [2H]C([2H])([2H])NC(=O)c1cc(-c2cc(-c3cc(NC(=O)c4ccnc(C5(F)CC5)c4)ccc3C)cc(C)n2)ccn1. The van der Waals surface area contributed by atoms with Crippen LogP contribution in [0.5, 0.6) is 0 Å². The molecule has 1 aromatic carbocycles. The molecule has 5 rings (SSSR count). The molecule has 2 amide bonds. The maximum absolute atomic E-state index is 14.5. The molecular formula is C29H26FN5O2. The summed E-state index contributed by atoms with van der Waals surface area (Å²) < 4.78 is 36.2. The number of nitrogens with zero attached hydrogens (tertiary/aromatic N) is 3.